The van der Waals surface area contributed by atoms with Crippen molar-refractivity contribution in [1.29, 1.82) is 0 Å². The topological polar surface area (TPSA) is 230 Å². The largest absolute Gasteiger partial charge is 0.394 e. The quantitative estimate of drug-likeness (QED) is 0.198. The van der Waals surface area contributed by atoms with Crippen LogP contribution in [0.2, 0.25) is 0 Å². The van der Waals surface area contributed by atoms with Crippen molar-refractivity contribution in [3.63, 3.8) is 0 Å². The normalized spacial score (nSPS) is 52.8. The van der Waals surface area contributed by atoms with Crippen molar-refractivity contribution in [3.8, 4) is 0 Å². The Morgan fingerprint density at radius 2 is 1.15 bits per heavy atom. The third-order valence-electron chi connectivity index (χ3n) is 4.47. The summed E-state index contributed by atoms with van der Waals surface area (Å²) in [6.07, 6.45) is -14.9. The van der Waals surface area contributed by atoms with Crippen LogP contribution >= 0.6 is 0 Å². The minimum Gasteiger partial charge on any atom is -0.394 e. The maximum Gasteiger partial charge on any atom is 0.311 e. The summed E-state index contributed by atoms with van der Waals surface area (Å²) < 4.78 is 14.5. The molecule has 2 saturated heterocycles. The Kier molecular flexibility index (Phi) is 6.57. The lowest BCUT2D eigenvalue weighted by molar-refractivity contribution is -0.468. The van der Waals surface area contributed by atoms with E-state index in [-0.39, 0.29) is 0 Å². The van der Waals surface area contributed by atoms with Crippen LogP contribution in [-0.4, -0.2) is 131 Å². The molecule has 0 radical (unpaired) electrons. The summed E-state index contributed by atoms with van der Waals surface area (Å²) >= 11 is 0. The lowest BCUT2D eigenvalue weighted by atomic mass is 9.93. The molecule has 13 heteroatoms. The van der Waals surface area contributed by atoms with Gasteiger partial charge in [0.25, 0.3) is 0 Å². The first kappa shape index (κ1) is 21.8. The van der Waals surface area contributed by atoms with Gasteiger partial charge in [-0.25, -0.2) is 0 Å². The van der Waals surface area contributed by atoms with E-state index in [2.05, 4.69) is 0 Å². The molecule has 2 fully saturated rings. The Morgan fingerprint density at radius 3 is 1.65 bits per heavy atom. The Morgan fingerprint density at radius 1 is 0.692 bits per heavy atom. The Hall–Kier alpha value is -0.520. The summed E-state index contributed by atoms with van der Waals surface area (Å²) in [5.74, 6) is -5.78. The van der Waals surface area contributed by atoms with Gasteiger partial charge in [0.05, 0.1) is 13.2 Å². The van der Waals surface area contributed by atoms with Gasteiger partial charge in [0.2, 0.25) is 5.79 Å². The standard InChI is InChI=1S/C13H24O13/c14-1-4-6(16)8(18)10(20)12(22,25-4)3-24-13(23)11(21)9(19)7(17)5(2-15)26-13/h4-11,14-23H,1-3H2/t4-,5-,6+,7+,8+,9+,10-,11-,12-,13-/m1/s1. The van der Waals surface area contributed by atoms with Crippen LogP contribution in [0.1, 0.15) is 0 Å². The van der Waals surface area contributed by atoms with Gasteiger partial charge in [-0.05, 0) is 0 Å². The molecule has 13 nitrogen and oxygen atoms in total. The number of hydrogen-bond donors (Lipinski definition) is 10. The van der Waals surface area contributed by atoms with E-state index in [1.807, 2.05) is 0 Å². The molecule has 2 aliphatic rings. The summed E-state index contributed by atoms with van der Waals surface area (Å²) in [6.45, 7) is -2.87. The third kappa shape index (κ3) is 3.72. The molecular weight excluding hydrogens is 364 g/mol. The highest BCUT2D eigenvalue weighted by atomic mass is 16.8. The molecule has 0 aromatic heterocycles. The summed E-state index contributed by atoms with van der Waals surface area (Å²) in [5.41, 5.74) is 0. The maximum atomic E-state index is 10.3. The molecule has 2 rings (SSSR count). The van der Waals surface area contributed by atoms with Crippen LogP contribution in [0.15, 0.2) is 0 Å². The Bertz CT molecular complexity index is 433. The van der Waals surface area contributed by atoms with Crippen LogP contribution in [-0.2, 0) is 14.2 Å². The van der Waals surface area contributed by atoms with E-state index in [1.165, 1.54) is 0 Å². The molecule has 10 atom stereocenters. The van der Waals surface area contributed by atoms with Gasteiger partial charge in [0.1, 0.15) is 49.3 Å². The van der Waals surface area contributed by atoms with Gasteiger partial charge in [-0.15, -0.1) is 0 Å². The summed E-state index contributed by atoms with van der Waals surface area (Å²) in [7, 11) is 0. The zero-order valence-electron chi connectivity index (χ0n) is 13.4. The third-order valence-corrected chi connectivity index (χ3v) is 4.47. The highest BCUT2D eigenvalue weighted by Gasteiger charge is 2.58. The van der Waals surface area contributed by atoms with E-state index >= 15 is 0 Å². The summed E-state index contributed by atoms with van der Waals surface area (Å²) in [5, 5.41) is 97.2. The van der Waals surface area contributed by atoms with Gasteiger partial charge in [-0.2, -0.15) is 0 Å². The van der Waals surface area contributed by atoms with Gasteiger partial charge in [0, 0.05) is 0 Å². The van der Waals surface area contributed by atoms with Crippen LogP contribution in [0, 0.1) is 0 Å². The second kappa shape index (κ2) is 7.84. The number of aliphatic hydroxyl groups excluding tert-OH is 8. The number of ether oxygens (including phenoxy) is 3. The fraction of sp³-hybridized carbons (Fsp3) is 1.00. The monoisotopic (exact) mass is 388 g/mol. The second-order valence-corrected chi connectivity index (χ2v) is 6.29. The van der Waals surface area contributed by atoms with Crippen molar-refractivity contribution in [3.05, 3.63) is 0 Å². The molecular formula is C13H24O13. The van der Waals surface area contributed by atoms with E-state index in [9.17, 15) is 40.9 Å². The van der Waals surface area contributed by atoms with Crippen molar-refractivity contribution in [2.75, 3.05) is 19.8 Å². The van der Waals surface area contributed by atoms with Gasteiger partial charge in [-0.3, -0.25) is 0 Å². The van der Waals surface area contributed by atoms with E-state index in [0.717, 1.165) is 0 Å². The molecule has 0 spiro atoms. The van der Waals surface area contributed by atoms with Gasteiger partial charge in [-0.1, -0.05) is 0 Å². The van der Waals surface area contributed by atoms with Gasteiger partial charge < -0.3 is 65.3 Å². The van der Waals surface area contributed by atoms with Gasteiger partial charge >= 0.3 is 5.97 Å². The molecule has 0 saturated carbocycles. The predicted molar refractivity (Wildman–Crippen MR) is 75.8 cm³/mol. The van der Waals surface area contributed by atoms with Crippen molar-refractivity contribution < 1.29 is 65.3 Å². The molecule has 0 aliphatic carbocycles. The van der Waals surface area contributed by atoms with E-state index in [4.69, 9.17) is 24.4 Å². The predicted octanol–water partition coefficient (Wildman–Crippen LogP) is -6.71. The molecule has 2 aliphatic heterocycles. The van der Waals surface area contributed by atoms with Crippen LogP contribution < -0.4 is 0 Å². The molecule has 0 aromatic carbocycles. The number of aliphatic hydroxyl groups is 10. The van der Waals surface area contributed by atoms with E-state index in [1.54, 1.807) is 0 Å². The fourth-order valence-electron chi connectivity index (χ4n) is 2.79. The lowest BCUT2D eigenvalue weighted by Gasteiger charge is -2.48. The Balaban J connectivity index is 2.14. The van der Waals surface area contributed by atoms with Crippen molar-refractivity contribution in [2.24, 2.45) is 0 Å². The highest BCUT2D eigenvalue weighted by Crippen LogP contribution is 2.33. The van der Waals surface area contributed by atoms with E-state index in [0.29, 0.717) is 0 Å². The lowest BCUT2D eigenvalue weighted by Crippen LogP contribution is -2.70. The van der Waals surface area contributed by atoms with Crippen LogP contribution in [0.3, 0.4) is 0 Å². The molecule has 0 unspecified atom stereocenters. The Labute approximate surface area is 146 Å². The van der Waals surface area contributed by atoms with Gasteiger partial charge in [0.15, 0.2) is 6.10 Å². The summed E-state index contributed by atoms with van der Waals surface area (Å²) in [4.78, 5) is 0. The fourth-order valence-corrected chi connectivity index (χ4v) is 2.79. The average molecular weight is 388 g/mol. The van der Waals surface area contributed by atoms with Crippen LogP contribution in [0.25, 0.3) is 0 Å². The molecule has 2 heterocycles. The molecule has 0 aromatic rings. The SMILES string of the molecule is OC[C@H]1O[C@](O)(OC[C@@]2(O)O[C@H](CO)[C@H](O)[C@H](O)[C@H]2O)[C@H](O)[C@@H](O)[C@H]1O. The van der Waals surface area contributed by atoms with Crippen molar-refractivity contribution in [1.82, 2.24) is 0 Å². The zero-order chi connectivity index (χ0) is 19.9. The number of hydrogen-bond acceptors (Lipinski definition) is 13. The summed E-state index contributed by atoms with van der Waals surface area (Å²) in [6, 6.07) is 0. The molecule has 154 valence electrons. The zero-order valence-corrected chi connectivity index (χ0v) is 13.4. The van der Waals surface area contributed by atoms with Crippen molar-refractivity contribution >= 4 is 0 Å². The highest BCUT2D eigenvalue weighted by molar-refractivity contribution is 4.97. The van der Waals surface area contributed by atoms with Crippen molar-refractivity contribution in [2.45, 2.75) is 60.6 Å². The van der Waals surface area contributed by atoms with Crippen LogP contribution in [0.5, 0.6) is 0 Å². The first-order valence-corrected chi connectivity index (χ1v) is 7.75. The molecule has 0 bridgehead atoms. The maximum absolute atomic E-state index is 10.3. The minimum absolute atomic E-state index is 0.839. The molecule has 0 amide bonds. The smallest absolute Gasteiger partial charge is 0.311 e. The first-order valence-electron chi connectivity index (χ1n) is 7.75. The number of rotatable bonds is 5. The average Bonchev–Trinajstić information content (AvgIpc) is 2.63. The second-order valence-electron chi connectivity index (χ2n) is 6.29. The first-order chi connectivity index (χ1) is 12.0. The van der Waals surface area contributed by atoms with E-state index < -0.39 is 80.4 Å². The van der Waals surface area contributed by atoms with Crippen LogP contribution in [0.4, 0.5) is 0 Å². The minimum atomic E-state index is -3.03. The molecule has 10 N–H and O–H groups in total. The molecule has 26 heavy (non-hydrogen) atoms.